The standard InChI is InChI=1S/C25H34N2/c1(2-4-14-24-22-12-8-6-10-20(22)16-18-26-24)3-5-15-25-23-13-9-7-11-21(23)17-19-27-25/h6-13,24-27H,1-5,14-19H2. The van der Waals surface area contributed by atoms with E-state index in [1.54, 1.807) is 22.3 Å². The highest BCUT2D eigenvalue weighted by Gasteiger charge is 2.19. The molecule has 0 aliphatic carbocycles. The minimum atomic E-state index is 0.581. The van der Waals surface area contributed by atoms with Crippen LogP contribution in [0.2, 0.25) is 0 Å². The molecule has 2 atom stereocenters. The van der Waals surface area contributed by atoms with Crippen molar-refractivity contribution in [1.82, 2.24) is 10.6 Å². The lowest BCUT2D eigenvalue weighted by Gasteiger charge is -2.27. The molecule has 0 spiro atoms. The summed E-state index contributed by atoms with van der Waals surface area (Å²) in [6.07, 6.45) is 11.7. The van der Waals surface area contributed by atoms with Gasteiger partial charge in [0.1, 0.15) is 0 Å². The summed E-state index contributed by atoms with van der Waals surface area (Å²) in [5.74, 6) is 0. The molecule has 0 bridgehead atoms. The van der Waals surface area contributed by atoms with Crippen LogP contribution in [-0.2, 0) is 12.8 Å². The molecule has 2 aliphatic rings. The second-order valence-electron chi connectivity index (χ2n) is 8.26. The van der Waals surface area contributed by atoms with Crippen molar-refractivity contribution in [2.75, 3.05) is 13.1 Å². The number of fused-ring (bicyclic) bond motifs is 2. The van der Waals surface area contributed by atoms with Crippen LogP contribution >= 0.6 is 0 Å². The summed E-state index contributed by atoms with van der Waals surface area (Å²) in [4.78, 5) is 0. The zero-order valence-electron chi connectivity index (χ0n) is 16.6. The van der Waals surface area contributed by atoms with Gasteiger partial charge in [-0.25, -0.2) is 0 Å². The monoisotopic (exact) mass is 362 g/mol. The largest absolute Gasteiger partial charge is 0.310 e. The molecular formula is C25H34N2. The van der Waals surface area contributed by atoms with E-state index in [0.29, 0.717) is 12.1 Å². The van der Waals surface area contributed by atoms with Gasteiger partial charge in [-0.3, -0.25) is 0 Å². The number of hydrogen-bond acceptors (Lipinski definition) is 2. The van der Waals surface area contributed by atoms with E-state index < -0.39 is 0 Å². The van der Waals surface area contributed by atoms with Gasteiger partial charge in [0.05, 0.1) is 0 Å². The molecule has 27 heavy (non-hydrogen) atoms. The third-order valence-corrected chi connectivity index (χ3v) is 6.42. The Balaban J connectivity index is 1.13. The van der Waals surface area contributed by atoms with Gasteiger partial charge in [0.25, 0.3) is 0 Å². The Kier molecular flexibility index (Phi) is 6.60. The summed E-state index contributed by atoms with van der Waals surface area (Å²) in [5.41, 5.74) is 6.21. The van der Waals surface area contributed by atoms with Crippen molar-refractivity contribution >= 4 is 0 Å². The molecule has 2 N–H and O–H groups in total. The van der Waals surface area contributed by atoms with Gasteiger partial charge in [-0.1, -0.05) is 80.6 Å². The lowest BCUT2D eigenvalue weighted by Crippen LogP contribution is -2.29. The normalized spacial score (nSPS) is 21.5. The number of unbranched alkanes of at least 4 members (excludes halogenated alkanes) is 4. The fourth-order valence-corrected chi connectivity index (χ4v) is 4.93. The van der Waals surface area contributed by atoms with Crippen molar-refractivity contribution in [2.45, 2.75) is 69.9 Å². The van der Waals surface area contributed by atoms with Crippen molar-refractivity contribution < 1.29 is 0 Å². The Morgan fingerprint density at radius 1 is 0.593 bits per heavy atom. The molecule has 4 rings (SSSR count). The van der Waals surface area contributed by atoms with E-state index in [2.05, 4.69) is 59.2 Å². The molecule has 2 nitrogen and oxygen atoms in total. The highest BCUT2D eigenvalue weighted by Crippen LogP contribution is 2.28. The van der Waals surface area contributed by atoms with Gasteiger partial charge in [0, 0.05) is 12.1 Å². The first-order valence-electron chi connectivity index (χ1n) is 11.0. The lowest BCUT2D eigenvalue weighted by atomic mass is 9.90. The van der Waals surface area contributed by atoms with E-state index in [9.17, 15) is 0 Å². The first-order valence-corrected chi connectivity index (χ1v) is 11.0. The summed E-state index contributed by atoms with van der Waals surface area (Å²) in [7, 11) is 0. The molecule has 2 heterocycles. The Labute approximate surface area is 164 Å². The smallest absolute Gasteiger partial charge is 0.0323 e. The van der Waals surface area contributed by atoms with Gasteiger partial charge in [-0.2, -0.15) is 0 Å². The zero-order valence-corrected chi connectivity index (χ0v) is 16.6. The van der Waals surface area contributed by atoms with Crippen LogP contribution < -0.4 is 10.6 Å². The third-order valence-electron chi connectivity index (χ3n) is 6.42. The van der Waals surface area contributed by atoms with Crippen LogP contribution in [0.5, 0.6) is 0 Å². The van der Waals surface area contributed by atoms with E-state index in [1.165, 1.54) is 57.8 Å². The van der Waals surface area contributed by atoms with Crippen LogP contribution in [0.1, 0.15) is 79.3 Å². The van der Waals surface area contributed by atoms with Crippen LogP contribution in [0.25, 0.3) is 0 Å². The SMILES string of the molecule is c1ccc2c(c1)CCNC2CCCCCCCC1NCCc2ccccc21. The van der Waals surface area contributed by atoms with Crippen LogP contribution in [0, 0.1) is 0 Å². The van der Waals surface area contributed by atoms with E-state index in [0.717, 1.165) is 13.1 Å². The summed E-state index contributed by atoms with van der Waals surface area (Å²) in [6, 6.07) is 19.2. The molecule has 2 unspecified atom stereocenters. The summed E-state index contributed by atoms with van der Waals surface area (Å²) in [5, 5.41) is 7.44. The average Bonchev–Trinajstić information content (AvgIpc) is 2.73. The van der Waals surface area contributed by atoms with Gasteiger partial charge < -0.3 is 10.6 Å². The molecule has 0 saturated heterocycles. The van der Waals surface area contributed by atoms with Crippen LogP contribution in [0.15, 0.2) is 48.5 Å². The molecule has 2 aromatic rings. The van der Waals surface area contributed by atoms with E-state index in [-0.39, 0.29) is 0 Å². The highest BCUT2D eigenvalue weighted by molar-refractivity contribution is 5.33. The number of hydrogen-bond donors (Lipinski definition) is 2. The number of rotatable bonds is 8. The average molecular weight is 363 g/mol. The maximum atomic E-state index is 3.72. The fourth-order valence-electron chi connectivity index (χ4n) is 4.93. The maximum Gasteiger partial charge on any atom is 0.0323 e. The molecule has 2 aromatic carbocycles. The van der Waals surface area contributed by atoms with E-state index in [1.807, 2.05) is 0 Å². The minimum absolute atomic E-state index is 0.581. The molecule has 0 amide bonds. The Morgan fingerprint density at radius 3 is 1.56 bits per heavy atom. The lowest BCUT2D eigenvalue weighted by molar-refractivity contribution is 0.433. The van der Waals surface area contributed by atoms with Crippen LogP contribution in [0.3, 0.4) is 0 Å². The summed E-state index contributed by atoms with van der Waals surface area (Å²) >= 11 is 0. The molecule has 0 aromatic heterocycles. The zero-order chi connectivity index (χ0) is 18.3. The third kappa shape index (κ3) is 4.80. The maximum absolute atomic E-state index is 3.72. The molecule has 0 radical (unpaired) electrons. The van der Waals surface area contributed by atoms with Gasteiger partial charge in [-0.15, -0.1) is 0 Å². The van der Waals surface area contributed by atoms with Crippen LogP contribution in [-0.4, -0.2) is 13.1 Å². The van der Waals surface area contributed by atoms with Gasteiger partial charge in [0.15, 0.2) is 0 Å². The molecule has 0 saturated carbocycles. The second kappa shape index (κ2) is 9.52. The van der Waals surface area contributed by atoms with Gasteiger partial charge in [0.2, 0.25) is 0 Å². The second-order valence-corrected chi connectivity index (χ2v) is 8.26. The van der Waals surface area contributed by atoms with Crippen molar-refractivity contribution in [3.05, 3.63) is 70.8 Å². The van der Waals surface area contributed by atoms with Crippen molar-refractivity contribution in [3.8, 4) is 0 Å². The number of benzene rings is 2. The molecule has 144 valence electrons. The van der Waals surface area contributed by atoms with E-state index >= 15 is 0 Å². The number of nitrogens with one attached hydrogen (secondary N) is 2. The Hall–Kier alpha value is -1.64. The van der Waals surface area contributed by atoms with Crippen LogP contribution in [0.4, 0.5) is 0 Å². The van der Waals surface area contributed by atoms with Gasteiger partial charge >= 0.3 is 0 Å². The molecule has 0 fully saturated rings. The molecular weight excluding hydrogens is 328 g/mol. The van der Waals surface area contributed by atoms with Crippen molar-refractivity contribution in [3.63, 3.8) is 0 Å². The quantitative estimate of drug-likeness (QED) is 0.607. The first kappa shape index (κ1) is 18.7. The topological polar surface area (TPSA) is 24.1 Å². The fraction of sp³-hybridized carbons (Fsp3) is 0.520. The molecule has 2 heteroatoms. The summed E-state index contributed by atoms with van der Waals surface area (Å²) in [6.45, 7) is 2.27. The highest BCUT2D eigenvalue weighted by atomic mass is 14.9. The predicted molar refractivity (Wildman–Crippen MR) is 114 cm³/mol. The Morgan fingerprint density at radius 2 is 1.04 bits per heavy atom. The van der Waals surface area contributed by atoms with E-state index in [4.69, 9.17) is 0 Å². The van der Waals surface area contributed by atoms with Crippen molar-refractivity contribution in [1.29, 1.82) is 0 Å². The first-order chi connectivity index (χ1) is 13.4. The summed E-state index contributed by atoms with van der Waals surface area (Å²) < 4.78 is 0. The van der Waals surface area contributed by atoms with Crippen molar-refractivity contribution in [2.24, 2.45) is 0 Å². The minimum Gasteiger partial charge on any atom is -0.310 e. The predicted octanol–water partition coefficient (Wildman–Crippen LogP) is 5.49. The molecule has 2 aliphatic heterocycles. The Bertz CT molecular complexity index is 662. The van der Waals surface area contributed by atoms with Gasteiger partial charge in [-0.05, 0) is 61.0 Å².